The Kier molecular flexibility index (Phi) is 4.03. The molecule has 0 heterocycles. The van der Waals surface area contributed by atoms with E-state index in [0.29, 0.717) is 24.3 Å². The molecule has 1 rings (SSSR count). The Morgan fingerprint density at radius 2 is 2.07 bits per heavy atom. The van der Waals surface area contributed by atoms with Gasteiger partial charge in [-0.3, -0.25) is 0 Å². The van der Waals surface area contributed by atoms with E-state index < -0.39 is 6.43 Å². The van der Waals surface area contributed by atoms with E-state index in [2.05, 4.69) is 0 Å². The summed E-state index contributed by atoms with van der Waals surface area (Å²) in [4.78, 5) is 0. The van der Waals surface area contributed by atoms with Crippen molar-refractivity contribution in [1.29, 1.82) is 0 Å². The third kappa shape index (κ3) is 2.65. The highest BCUT2D eigenvalue weighted by molar-refractivity contribution is 5.43. The maximum atomic E-state index is 12.6. The van der Waals surface area contributed by atoms with Crippen LogP contribution < -0.4 is 10.5 Å². The van der Waals surface area contributed by atoms with Gasteiger partial charge >= 0.3 is 0 Å². The number of aryl methyl sites for hydroxylation is 1. The molecule has 0 amide bonds. The van der Waals surface area contributed by atoms with Crippen molar-refractivity contribution in [1.82, 2.24) is 0 Å². The van der Waals surface area contributed by atoms with Crippen molar-refractivity contribution in [2.45, 2.75) is 19.8 Å². The van der Waals surface area contributed by atoms with Crippen LogP contribution in [0.5, 0.6) is 5.75 Å². The molecule has 0 fully saturated rings. The maximum Gasteiger partial charge on any atom is 0.264 e. The molecule has 0 atom stereocenters. The fourth-order valence-electron chi connectivity index (χ4n) is 1.54. The number of alkyl halides is 2. The van der Waals surface area contributed by atoms with Crippen LogP contribution in [0.15, 0.2) is 12.1 Å². The zero-order valence-corrected chi connectivity index (χ0v) is 8.89. The van der Waals surface area contributed by atoms with Crippen molar-refractivity contribution >= 4 is 0 Å². The Morgan fingerprint density at radius 1 is 1.40 bits per heavy atom. The number of methoxy groups -OCH3 is 1. The smallest absolute Gasteiger partial charge is 0.264 e. The second-order valence-electron chi connectivity index (χ2n) is 3.36. The van der Waals surface area contributed by atoms with Crippen molar-refractivity contribution in [3.05, 3.63) is 28.8 Å². The van der Waals surface area contributed by atoms with Gasteiger partial charge in [0.2, 0.25) is 0 Å². The molecular weight excluding hydrogens is 200 g/mol. The number of nitrogens with two attached hydrogens (primary N) is 1. The first-order chi connectivity index (χ1) is 7.10. The van der Waals surface area contributed by atoms with Gasteiger partial charge in [0.15, 0.2) is 0 Å². The molecule has 0 spiro atoms. The van der Waals surface area contributed by atoms with Crippen LogP contribution in [0.2, 0.25) is 0 Å². The van der Waals surface area contributed by atoms with Gasteiger partial charge in [-0.25, -0.2) is 8.78 Å². The minimum atomic E-state index is -2.47. The van der Waals surface area contributed by atoms with Gasteiger partial charge < -0.3 is 10.5 Å². The van der Waals surface area contributed by atoms with Crippen LogP contribution >= 0.6 is 0 Å². The van der Waals surface area contributed by atoms with Crippen molar-refractivity contribution < 1.29 is 13.5 Å². The van der Waals surface area contributed by atoms with Gasteiger partial charge in [0.05, 0.1) is 7.11 Å². The van der Waals surface area contributed by atoms with Gasteiger partial charge in [-0.15, -0.1) is 0 Å². The summed E-state index contributed by atoms with van der Waals surface area (Å²) in [5, 5.41) is 0. The third-order valence-corrected chi connectivity index (χ3v) is 2.32. The lowest BCUT2D eigenvalue weighted by molar-refractivity contribution is 0.150. The van der Waals surface area contributed by atoms with Gasteiger partial charge in [-0.05, 0) is 37.1 Å². The average Bonchev–Trinajstić information content (AvgIpc) is 2.18. The summed E-state index contributed by atoms with van der Waals surface area (Å²) in [5.41, 5.74) is 6.90. The zero-order valence-electron chi connectivity index (χ0n) is 8.89. The summed E-state index contributed by atoms with van der Waals surface area (Å²) < 4.78 is 30.2. The molecule has 1 aromatic carbocycles. The molecule has 0 aliphatic carbocycles. The second kappa shape index (κ2) is 5.07. The van der Waals surface area contributed by atoms with E-state index in [0.717, 1.165) is 5.56 Å². The number of halogens is 2. The van der Waals surface area contributed by atoms with E-state index in [1.54, 1.807) is 13.0 Å². The van der Waals surface area contributed by atoms with E-state index in [-0.39, 0.29) is 5.56 Å². The summed E-state index contributed by atoms with van der Waals surface area (Å²) in [6.45, 7) is 2.14. The first kappa shape index (κ1) is 11.9. The van der Waals surface area contributed by atoms with Crippen molar-refractivity contribution in [2.75, 3.05) is 13.7 Å². The average molecular weight is 215 g/mol. The maximum absolute atomic E-state index is 12.6. The van der Waals surface area contributed by atoms with Crippen molar-refractivity contribution in [3.8, 4) is 5.75 Å². The summed E-state index contributed by atoms with van der Waals surface area (Å²) in [6.07, 6.45) is -1.83. The molecule has 0 saturated carbocycles. The van der Waals surface area contributed by atoms with Crippen LogP contribution in [0.4, 0.5) is 8.78 Å². The highest BCUT2D eigenvalue weighted by Crippen LogP contribution is 2.30. The highest BCUT2D eigenvalue weighted by atomic mass is 19.3. The van der Waals surface area contributed by atoms with Gasteiger partial charge in [0, 0.05) is 5.56 Å². The molecule has 4 heteroatoms. The molecule has 2 N–H and O–H groups in total. The topological polar surface area (TPSA) is 35.2 Å². The van der Waals surface area contributed by atoms with Crippen LogP contribution in [0.25, 0.3) is 0 Å². The third-order valence-electron chi connectivity index (χ3n) is 2.32. The highest BCUT2D eigenvalue weighted by Gasteiger charge is 2.14. The van der Waals surface area contributed by atoms with Crippen LogP contribution in [0.1, 0.15) is 23.1 Å². The first-order valence-electron chi connectivity index (χ1n) is 4.75. The number of hydrogen-bond acceptors (Lipinski definition) is 2. The van der Waals surface area contributed by atoms with E-state index in [4.69, 9.17) is 10.5 Å². The quantitative estimate of drug-likeness (QED) is 0.837. The van der Waals surface area contributed by atoms with Crippen molar-refractivity contribution in [3.63, 3.8) is 0 Å². The molecule has 0 unspecified atom stereocenters. The van der Waals surface area contributed by atoms with Gasteiger partial charge in [0.25, 0.3) is 6.43 Å². The summed E-state index contributed by atoms with van der Waals surface area (Å²) >= 11 is 0. The standard InChI is InChI=1S/C11H15F2NO/c1-7-5-8(3-4-14)10(15-2)6-9(7)11(12)13/h5-6,11H,3-4,14H2,1-2H3. The Morgan fingerprint density at radius 3 is 2.53 bits per heavy atom. The van der Waals surface area contributed by atoms with Crippen LogP contribution in [0.3, 0.4) is 0 Å². The zero-order chi connectivity index (χ0) is 11.4. The first-order valence-corrected chi connectivity index (χ1v) is 4.75. The summed E-state index contributed by atoms with van der Waals surface area (Å²) in [7, 11) is 1.47. The van der Waals surface area contributed by atoms with E-state index >= 15 is 0 Å². The molecule has 0 aliphatic rings. The molecule has 15 heavy (non-hydrogen) atoms. The lowest BCUT2D eigenvalue weighted by atomic mass is 10.0. The predicted octanol–water partition coefficient (Wildman–Crippen LogP) is 2.44. The molecular formula is C11H15F2NO. The molecule has 0 aliphatic heterocycles. The van der Waals surface area contributed by atoms with Crippen molar-refractivity contribution in [2.24, 2.45) is 5.73 Å². The Hall–Kier alpha value is -1.16. The molecule has 0 radical (unpaired) electrons. The fraction of sp³-hybridized carbons (Fsp3) is 0.455. The fourth-order valence-corrected chi connectivity index (χ4v) is 1.54. The van der Waals surface area contributed by atoms with Crippen LogP contribution in [0, 0.1) is 6.92 Å². The Labute approximate surface area is 88.0 Å². The Balaban J connectivity index is 3.16. The normalized spacial score (nSPS) is 10.8. The Bertz CT molecular complexity index is 340. The summed E-state index contributed by atoms with van der Waals surface area (Å²) in [5.74, 6) is 0.487. The number of hydrogen-bond donors (Lipinski definition) is 1. The minimum Gasteiger partial charge on any atom is -0.496 e. The molecule has 0 saturated heterocycles. The second-order valence-corrected chi connectivity index (χ2v) is 3.36. The predicted molar refractivity (Wildman–Crippen MR) is 55.4 cm³/mol. The van der Waals surface area contributed by atoms with E-state index in [1.807, 2.05) is 0 Å². The van der Waals surface area contributed by atoms with Gasteiger partial charge in [-0.1, -0.05) is 6.07 Å². The molecule has 84 valence electrons. The lowest BCUT2D eigenvalue weighted by Gasteiger charge is -2.12. The number of ether oxygens (including phenoxy) is 1. The van der Waals surface area contributed by atoms with Gasteiger partial charge in [-0.2, -0.15) is 0 Å². The van der Waals surface area contributed by atoms with E-state index in [1.165, 1.54) is 13.2 Å². The number of benzene rings is 1. The van der Waals surface area contributed by atoms with Gasteiger partial charge in [0.1, 0.15) is 5.75 Å². The van der Waals surface area contributed by atoms with E-state index in [9.17, 15) is 8.78 Å². The molecule has 0 aromatic heterocycles. The molecule has 0 bridgehead atoms. The van der Waals surface area contributed by atoms with Crippen LogP contribution in [-0.2, 0) is 6.42 Å². The molecule has 1 aromatic rings. The molecule has 2 nitrogen and oxygen atoms in total. The SMILES string of the molecule is COc1cc(C(F)F)c(C)cc1CCN. The summed E-state index contributed by atoms with van der Waals surface area (Å²) in [6, 6.07) is 3.11. The lowest BCUT2D eigenvalue weighted by Crippen LogP contribution is -2.05. The number of rotatable bonds is 4. The monoisotopic (exact) mass is 215 g/mol. The largest absolute Gasteiger partial charge is 0.496 e. The minimum absolute atomic E-state index is 0.0209. The van der Waals surface area contributed by atoms with Crippen LogP contribution in [-0.4, -0.2) is 13.7 Å².